The van der Waals surface area contributed by atoms with Crippen LogP contribution in [-0.2, 0) is 0 Å². The molecule has 0 saturated heterocycles. The second kappa shape index (κ2) is 9.55. The van der Waals surface area contributed by atoms with E-state index in [2.05, 4.69) is 6.07 Å². The first-order valence-corrected chi connectivity index (χ1v) is 9.07. The first kappa shape index (κ1) is 21.5. The van der Waals surface area contributed by atoms with E-state index in [1.807, 2.05) is 0 Å². The van der Waals surface area contributed by atoms with Gasteiger partial charge in [-0.25, -0.2) is 13.6 Å². The predicted molar refractivity (Wildman–Crippen MR) is 111 cm³/mol. The molecule has 3 aromatic carbocycles. The maximum Gasteiger partial charge on any atom is 0.343 e. The fourth-order valence-corrected chi connectivity index (χ4v) is 2.84. The number of hydrogen-bond donors (Lipinski definition) is 0. The van der Waals surface area contributed by atoms with E-state index in [1.54, 1.807) is 42.5 Å². The van der Waals surface area contributed by atoms with Crippen molar-refractivity contribution in [1.29, 1.82) is 5.26 Å². The lowest BCUT2D eigenvalue weighted by Gasteiger charge is -2.11. The van der Waals surface area contributed by atoms with Crippen LogP contribution in [-0.4, -0.2) is 20.2 Å². The number of nitrogens with zero attached hydrogens (tertiary/aromatic N) is 1. The number of benzene rings is 3. The summed E-state index contributed by atoms with van der Waals surface area (Å²) in [5.74, 6) is -2.21. The highest BCUT2D eigenvalue weighted by atomic mass is 19.2. The molecule has 0 radical (unpaired) electrons. The Hall–Kier alpha value is -4.18. The van der Waals surface area contributed by atoms with E-state index >= 15 is 0 Å². The van der Waals surface area contributed by atoms with Crippen LogP contribution >= 0.6 is 0 Å². The molecule has 0 bridgehead atoms. The van der Waals surface area contributed by atoms with Crippen molar-refractivity contribution in [3.8, 4) is 23.3 Å². The first-order chi connectivity index (χ1) is 15.0. The van der Waals surface area contributed by atoms with Gasteiger partial charge in [-0.1, -0.05) is 18.2 Å². The third kappa shape index (κ3) is 4.87. The van der Waals surface area contributed by atoms with E-state index < -0.39 is 17.6 Å². The molecule has 0 aliphatic rings. The first-order valence-electron chi connectivity index (χ1n) is 9.07. The molecule has 5 nitrogen and oxygen atoms in total. The molecule has 0 unspecified atom stereocenters. The SMILES string of the molecule is COc1cc(/C=C(/C#N)c2ccccc2OC)ccc1OC(=O)c1ccc(F)c(F)c1. The number of para-hydroxylation sites is 1. The largest absolute Gasteiger partial charge is 0.496 e. The highest BCUT2D eigenvalue weighted by Crippen LogP contribution is 2.32. The summed E-state index contributed by atoms with van der Waals surface area (Å²) in [6.45, 7) is 0. The average molecular weight is 421 g/mol. The predicted octanol–water partition coefficient (Wildman–Crippen LogP) is 5.27. The molecule has 156 valence electrons. The molecule has 0 aromatic heterocycles. The van der Waals surface area contributed by atoms with Gasteiger partial charge >= 0.3 is 5.97 Å². The Kier molecular flexibility index (Phi) is 6.63. The van der Waals surface area contributed by atoms with Gasteiger partial charge in [0.05, 0.1) is 31.4 Å². The molecule has 0 atom stereocenters. The summed E-state index contributed by atoms with van der Waals surface area (Å²) in [7, 11) is 2.91. The van der Waals surface area contributed by atoms with Crippen LogP contribution in [0, 0.1) is 23.0 Å². The number of carbonyl (C=O) groups excluding carboxylic acids is 1. The van der Waals surface area contributed by atoms with Gasteiger partial charge in [0, 0.05) is 5.56 Å². The Morgan fingerprint density at radius 1 is 0.903 bits per heavy atom. The number of methoxy groups -OCH3 is 2. The zero-order valence-electron chi connectivity index (χ0n) is 16.7. The molecule has 0 amide bonds. The maximum atomic E-state index is 13.4. The molecule has 7 heteroatoms. The zero-order valence-corrected chi connectivity index (χ0v) is 16.7. The van der Waals surface area contributed by atoms with Crippen molar-refractivity contribution >= 4 is 17.6 Å². The van der Waals surface area contributed by atoms with Gasteiger partial charge in [0.2, 0.25) is 0 Å². The number of halogens is 2. The minimum Gasteiger partial charge on any atom is -0.496 e. The summed E-state index contributed by atoms with van der Waals surface area (Å²) in [6.07, 6.45) is 1.64. The number of ether oxygens (including phenoxy) is 3. The monoisotopic (exact) mass is 421 g/mol. The van der Waals surface area contributed by atoms with Crippen LogP contribution in [0.2, 0.25) is 0 Å². The summed E-state index contributed by atoms with van der Waals surface area (Å²) < 4.78 is 42.3. The number of rotatable bonds is 6. The van der Waals surface area contributed by atoms with Crippen LogP contribution in [0.25, 0.3) is 11.6 Å². The van der Waals surface area contributed by atoms with Crippen molar-refractivity contribution in [3.63, 3.8) is 0 Å². The van der Waals surface area contributed by atoms with E-state index in [4.69, 9.17) is 14.2 Å². The zero-order chi connectivity index (χ0) is 22.4. The van der Waals surface area contributed by atoms with Crippen molar-refractivity contribution in [2.75, 3.05) is 14.2 Å². The third-order valence-corrected chi connectivity index (χ3v) is 4.37. The topological polar surface area (TPSA) is 68.6 Å². The number of hydrogen-bond acceptors (Lipinski definition) is 5. The number of allylic oxidation sites excluding steroid dienone is 1. The van der Waals surface area contributed by atoms with Crippen LogP contribution in [0.15, 0.2) is 60.7 Å². The molecule has 0 N–H and O–H groups in total. The molecule has 31 heavy (non-hydrogen) atoms. The summed E-state index contributed by atoms with van der Waals surface area (Å²) in [6, 6.07) is 16.7. The molecule has 0 heterocycles. The molecular formula is C24H17F2NO4. The normalized spacial score (nSPS) is 10.9. The second-order valence-corrected chi connectivity index (χ2v) is 6.30. The lowest BCUT2D eigenvalue weighted by molar-refractivity contribution is 0.0729. The lowest BCUT2D eigenvalue weighted by atomic mass is 10.0. The summed E-state index contributed by atoms with van der Waals surface area (Å²) in [4.78, 5) is 12.3. The molecular weight excluding hydrogens is 404 g/mol. The fourth-order valence-electron chi connectivity index (χ4n) is 2.84. The van der Waals surface area contributed by atoms with E-state index in [0.717, 1.165) is 18.2 Å². The van der Waals surface area contributed by atoms with Crippen molar-refractivity contribution in [3.05, 3.63) is 89.0 Å². The Morgan fingerprint density at radius 3 is 2.32 bits per heavy atom. The molecule has 0 aliphatic heterocycles. The van der Waals surface area contributed by atoms with Crippen molar-refractivity contribution in [2.24, 2.45) is 0 Å². The summed E-state index contributed by atoms with van der Waals surface area (Å²) >= 11 is 0. The third-order valence-electron chi connectivity index (χ3n) is 4.37. The van der Waals surface area contributed by atoms with Gasteiger partial charge in [-0.3, -0.25) is 0 Å². The maximum absolute atomic E-state index is 13.4. The van der Waals surface area contributed by atoms with Crippen LogP contribution in [0.3, 0.4) is 0 Å². The lowest BCUT2D eigenvalue weighted by Crippen LogP contribution is -2.10. The fraction of sp³-hybridized carbons (Fsp3) is 0.0833. The number of carbonyl (C=O) groups is 1. The molecule has 0 aliphatic carbocycles. The van der Waals surface area contributed by atoms with Gasteiger partial charge < -0.3 is 14.2 Å². The van der Waals surface area contributed by atoms with Crippen molar-refractivity contribution in [2.45, 2.75) is 0 Å². The molecule has 3 aromatic rings. The van der Waals surface area contributed by atoms with E-state index in [1.165, 1.54) is 20.3 Å². The quantitative estimate of drug-likeness (QED) is 0.235. The number of esters is 1. The molecule has 0 spiro atoms. The molecule has 0 saturated carbocycles. The van der Waals surface area contributed by atoms with Gasteiger partial charge in [-0.2, -0.15) is 5.26 Å². The highest BCUT2D eigenvalue weighted by molar-refractivity contribution is 5.93. The standard InChI is InChI=1S/C24H17F2NO4/c1-29-21-6-4-3-5-18(21)17(14-27)11-15-7-10-22(23(12-15)30-2)31-24(28)16-8-9-19(25)20(26)13-16/h3-13H,1-2H3/b17-11-. The van der Waals surface area contributed by atoms with E-state index in [9.17, 15) is 18.8 Å². The average Bonchev–Trinajstić information content (AvgIpc) is 2.79. The smallest absolute Gasteiger partial charge is 0.343 e. The number of nitriles is 1. The summed E-state index contributed by atoms with van der Waals surface area (Å²) in [5, 5.41) is 9.60. The van der Waals surface area contributed by atoms with Crippen LogP contribution in [0.1, 0.15) is 21.5 Å². The minimum absolute atomic E-state index is 0.0881. The Morgan fingerprint density at radius 2 is 1.65 bits per heavy atom. The Labute approximate surface area is 177 Å². The molecule has 3 rings (SSSR count). The minimum atomic E-state index is -1.15. The van der Waals surface area contributed by atoms with Crippen molar-refractivity contribution < 1.29 is 27.8 Å². The Bertz CT molecular complexity index is 1200. The highest BCUT2D eigenvalue weighted by Gasteiger charge is 2.15. The van der Waals surface area contributed by atoms with Crippen LogP contribution < -0.4 is 14.2 Å². The van der Waals surface area contributed by atoms with Gasteiger partial charge in [-0.05, 0) is 54.1 Å². The van der Waals surface area contributed by atoms with Crippen molar-refractivity contribution in [1.82, 2.24) is 0 Å². The second-order valence-electron chi connectivity index (χ2n) is 6.30. The van der Waals surface area contributed by atoms with Gasteiger partial charge in [0.1, 0.15) is 5.75 Å². The van der Waals surface area contributed by atoms with Gasteiger partial charge in [0.15, 0.2) is 23.1 Å². The van der Waals surface area contributed by atoms with Gasteiger partial charge in [-0.15, -0.1) is 0 Å². The molecule has 0 fully saturated rings. The van der Waals surface area contributed by atoms with Crippen LogP contribution in [0.4, 0.5) is 8.78 Å². The van der Waals surface area contributed by atoms with Crippen LogP contribution in [0.5, 0.6) is 17.2 Å². The Balaban J connectivity index is 1.90. The van der Waals surface area contributed by atoms with Gasteiger partial charge in [0.25, 0.3) is 0 Å². The van der Waals surface area contributed by atoms with E-state index in [0.29, 0.717) is 22.4 Å². The van der Waals surface area contributed by atoms with E-state index in [-0.39, 0.29) is 17.1 Å². The summed E-state index contributed by atoms with van der Waals surface area (Å²) in [5.41, 5.74) is 1.46.